The van der Waals surface area contributed by atoms with Crippen molar-refractivity contribution in [3.05, 3.63) is 60.2 Å². The van der Waals surface area contributed by atoms with E-state index in [4.69, 9.17) is 0 Å². The number of hydrogen-bond donors (Lipinski definition) is 1. The molecule has 136 valence electrons. The molecule has 2 heterocycles. The molecule has 3 aromatic rings. The lowest BCUT2D eigenvalue weighted by molar-refractivity contribution is -0.117. The van der Waals surface area contributed by atoms with Crippen molar-refractivity contribution in [1.29, 1.82) is 0 Å². The summed E-state index contributed by atoms with van der Waals surface area (Å²) in [5.74, 6) is 1.02. The van der Waals surface area contributed by atoms with Crippen LogP contribution in [0, 0.1) is 0 Å². The fraction of sp³-hybridized carbons (Fsp3) is 0.200. The van der Waals surface area contributed by atoms with Crippen molar-refractivity contribution >= 4 is 29.1 Å². The lowest BCUT2D eigenvalue weighted by Crippen LogP contribution is -2.23. The number of nitrogens with zero attached hydrogens (tertiary/aromatic N) is 3. The van der Waals surface area contributed by atoms with Crippen LogP contribution in [-0.4, -0.2) is 39.2 Å². The van der Waals surface area contributed by atoms with Crippen LogP contribution in [0.4, 0.5) is 5.69 Å². The van der Waals surface area contributed by atoms with Gasteiger partial charge in [0.15, 0.2) is 11.6 Å². The number of rotatable bonds is 6. The normalized spacial score (nSPS) is 13.9. The van der Waals surface area contributed by atoms with Crippen LogP contribution >= 0.6 is 11.8 Å². The lowest BCUT2D eigenvalue weighted by atomic mass is 10.1. The molecule has 0 atom stereocenters. The molecule has 1 saturated heterocycles. The highest BCUT2D eigenvalue weighted by atomic mass is 32.2. The summed E-state index contributed by atoms with van der Waals surface area (Å²) in [7, 11) is 0. The SMILES string of the molecule is O=C(CSc1n[nH]c(-c2ccccc2)n1)c1cccc(N2CCCC2=O)c1. The molecule has 1 amide bonds. The van der Waals surface area contributed by atoms with E-state index in [9.17, 15) is 9.59 Å². The number of aromatic nitrogens is 3. The summed E-state index contributed by atoms with van der Waals surface area (Å²) >= 11 is 1.29. The molecule has 7 heteroatoms. The first-order valence-corrected chi connectivity index (χ1v) is 9.73. The number of amides is 1. The fourth-order valence-corrected chi connectivity index (χ4v) is 3.71. The lowest BCUT2D eigenvalue weighted by Gasteiger charge is -2.16. The van der Waals surface area contributed by atoms with Crippen LogP contribution in [0.25, 0.3) is 11.4 Å². The van der Waals surface area contributed by atoms with E-state index in [0.29, 0.717) is 29.5 Å². The minimum absolute atomic E-state index is 0.0143. The standard InChI is InChI=1S/C20H18N4O2S/c25-17(15-8-4-9-16(12-15)24-11-5-10-18(24)26)13-27-20-21-19(22-23-20)14-6-2-1-3-7-14/h1-4,6-9,12H,5,10-11,13H2,(H,21,22,23). The number of nitrogens with one attached hydrogen (secondary N) is 1. The van der Waals surface area contributed by atoms with E-state index in [1.165, 1.54) is 11.8 Å². The highest BCUT2D eigenvalue weighted by Gasteiger charge is 2.22. The van der Waals surface area contributed by atoms with Gasteiger partial charge in [0.2, 0.25) is 11.1 Å². The number of Topliss-reactive ketones (excluding diaryl/α,β-unsaturated/α-hetero) is 1. The van der Waals surface area contributed by atoms with Crippen molar-refractivity contribution in [1.82, 2.24) is 15.2 Å². The first-order chi connectivity index (χ1) is 13.2. The molecular weight excluding hydrogens is 360 g/mol. The molecule has 2 aromatic carbocycles. The highest BCUT2D eigenvalue weighted by molar-refractivity contribution is 7.99. The maximum Gasteiger partial charge on any atom is 0.227 e. The Kier molecular flexibility index (Phi) is 5.02. The van der Waals surface area contributed by atoms with Crippen LogP contribution in [0.2, 0.25) is 0 Å². The minimum Gasteiger partial charge on any atom is -0.312 e. The summed E-state index contributed by atoms with van der Waals surface area (Å²) in [6, 6.07) is 17.0. The summed E-state index contributed by atoms with van der Waals surface area (Å²) in [6.07, 6.45) is 1.43. The zero-order chi connectivity index (χ0) is 18.6. The third-order valence-corrected chi connectivity index (χ3v) is 5.25. The predicted octanol–water partition coefficient (Wildman–Crippen LogP) is 3.57. The molecule has 0 aliphatic carbocycles. The van der Waals surface area contributed by atoms with E-state index in [-0.39, 0.29) is 17.4 Å². The third kappa shape index (κ3) is 3.93. The number of aromatic amines is 1. The predicted molar refractivity (Wildman–Crippen MR) is 105 cm³/mol. The van der Waals surface area contributed by atoms with Crippen molar-refractivity contribution in [3.63, 3.8) is 0 Å². The number of thioether (sulfide) groups is 1. The molecule has 27 heavy (non-hydrogen) atoms. The summed E-state index contributed by atoms with van der Waals surface area (Å²) in [4.78, 5) is 30.6. The molecule has 1 aliphatic heterocycles. The number of benzene rings is 2. The van der Waals surface area contributed by atoms with Crippen molar-refractivity contribution in [3.8, 4) is 11.4 Å². The molecule has 0 saturated carbocycles. The Bertz CT molecular complexity index is 971. The molecule has 1 fully saturated rings. The van der Waals surface area contributed by atoms with Gasteiger partial charge in [-0.25, -0.2) is 4.98 Å². The maximum absolute atomic E-state index is 12.6. The molecule has 1 N–H and O–H groups in total. The molecule has 0 unspecified atom stereocenters. The largest absolute Gasteiger partial charge is 0.312 e. The van der Waals surface area contributed by atoms with Gasteiger partial charge in [-0.2, -0.15) is 0 Å². The van der Waals surface area contributed by atoms with Gasteiger partial charge in [0.25, 0.3) is 0 Å². The molecule has 0 radical (unpaired) electrons. The summed E-state index contributed by atoms with van der Waals surface area (Å²) in [5, 5.41) is 7.60. The van der Waals surface area contributed by atoms with Crippen molar-refractivity contribution in [2.45, 2.75) is 18.0 Å². The molecule has 6 nitrogen and oxygen atoms in total. The van der Waals surface area contributed by atoms with Crippen LogP contribution < -0.4 is 4.90 Å². The molecule has 0 spiro atoms. The monoisotopic (exact) mass is 378 g/mol. The topological polar surface area (TPSA) is 79.0 Å². The quantitative estimate of drug-likeness (QED) is 0.524. The van der Waals surface area contributed by atoms with E-state index in [1.807, 2.05) is 42.5 Å². The van der Waals surface area contributed by atoms with Crippen LogP contribution in [0.1, 0.15) is 23.2 Å². The first kappa shape index (κ1) is 17.5. The van der Waals surface area contributed by atoms with E-state index in [2.05, 4.69) is 15.2 Å². The Labute approximate surface area is 161 Å². The highest BCUT2D eigenvalue weighted by Crippen LogP contribution is 2.24. The van der Waals surface area contributed by atoms with Gasteiger partial charge in [0.1, 0.15) is 0 Å². The number of carbonyl (C=O) groups excluding carboxylic acids is 2. The second-order valence-electron chi connectivity index (χ2n) is 6.24. The summed E-state index contributed by atoms with van der Waals surface area (Å²) < 4.78 is 0. The Morgan fingerprint density at radius 3 is 2.78 bits per heavy atom. The van der Waals surface area contributed by atoms with E-state index >= 15 is 0 Å². The van der Waals surface area contributed by atoms with E-state index in [0.717, 1.165) is 17.7 Å². The third-order valence-electron chi connectivity index (χ3n) is 4.40. The van der Waals surface area contributed by atoms with Gasteiger partial charge in [-0.05, 0) is 18.6 Å². The van der Waals surface area contributed by atoms with Gasteiger partial charge in [0.05, 0.1) is 5.75 Å². The summed E-state index contributed by atoms with van der Waals surface area (Å²) in [6.45, 7) is 0.713. The van der Waals surface area contributed by atoms with Gasteiger partial charge in [0, 0.05) is 29.8 Å². The van der Waals surface area contributed by atoms with Gasteiger partial charge < -0.3 is 4.90 Å². The number of hydrogen-bond acceptors (Lipinski definition) is 5. The molecule has 1 aliphatic rings. The van der Waals surface area contributed by atoms with Gasteiger partial charge in [-0.15, -0.1) is 5.10 Å². The molecular formula is C20H18N4O2S. The average molecular weight is 378 g/mol. The second kappa shape index (κ2) is 7.75. The van der Waals surface area contributed by atoms with Gasteiger partial charge in [-0.1, -0.05) is 54.2 Å². The van der Waals surface area contributed by atoms with Crippen LogP contribution in [0.5, 0.6) is 0 Å². The Morgan fingerprint density at radius 2 is 2.00 bits per heavy atom. The number of carbonyl (C=O) groups is 2. The number of H-pyrrole nitrogens is 1. The molecule has 0 bridgehead atoms. The van der Waals surface area contributed by atoms with Gasteiger partial charge >= 0.3 is 0 Å². The smallest absolute Gasteiger partial charge is 0.227 e. The van der Waals surface area contributed by atoms with E-state index < -0.39 is 0 Å². The van der Waals surface area contributed by atoms with Crippen LogP contribution in [-0.2, 0) is 4.79 Å². The Balaban J connectivity index is 1.41. The van der Waals surface area contributed by atoms with Gasteiger partial charge in [-0.3, -0.25) is 14.7 Å². The van der Waals surface area contributed by atoms with Crippen LogP contribution in [0.15, 0.2) is 59.8 Å². The molecule has 4 rings (SSSR count). The van der Waals surface area contributed by atoms with Crippen molar-refractivity contribution in [2.24, 2.45) is 0 Å². The zero-order valence-corrected chi connectivity index (χ0v) is 15.4. The second-order valence-corrected chi connectivity index (χ2v) is 7.19. The first-order valence-electron chi connectivity index (χ1n) is 8.75. The fourth-order valence-electron chi connectivity index (χ4n) is 3.02. The van der Waals surface area contributed by atoms with E-state index in [1.54, 1.807) is 17.0 Å². The zero-order valence-electron chi connectivity index (χ0n) is 14.6. The number of ketones is 1. The van der Waals surface area contributed by atoms with Crippen molar-refractivity contribution < 1.29 is 9.59 Å². The molecule has 1 aromatic heterocycles. The van der Waals surface area contributed by atoms with Crippen LogP contribution in [0.3, 0.4) is 0 Å². The summed E-state index contributed by atoms with van der Waals surface area (Å²) in [5.41, 5.74) is 2.34. The Hall–Kier alpha value is -2.93. The maximum atomic E-state index is 12.6. The number of anilines is 1. The average Bonchev–Trinajstić information content (AvgIpc) is 3.36. The Morgan fingerprint density at radius 1 is 1.15 bits per heavy atom. The minimum atomic E-state index is -0.0143. The van der Waals surface area contributed by atoms with Crippen molar-refractivity contribution in [2.75, 3.05) is 17.2 Å².